The lowest BCUT2D eigenvalue weighted by Crippen LogP contribution is -2.47. The largest absolute Gasteiger partial charge is 0.497 e. The van der Waals surface area contributed by atoms with Gasteiger partial charge in [0.05, 0.1) is 19.0 Å². The number of piperazine rings is 1. The molecule has 0 unspecified atom stereocenters. The summed E-state index contributed by atoms with van der Waals surface area (Å²) in [4.78, 5) is 25.9. The lowest BCUT2D eigenvalue weighted by Gasteiger charge is -2.37. The molecule has 2 aliphatic rings. The Labute approximate surface area is 187 Å². The molecule has 0 spiro atoms. The molecule has 0 saturated carbocycles. The van der Waals surface area contributed by atoms with Gasteiger partial charge >= 0.3 is 0 Å². The lowest BCUT2D eigenvalue weighted by molar-refractivity contribution is -0.119. The molecule has 1 aromatic carbocycles. The third-order valence-corrected chi connectivity index (χ3v) is 6.52. The van der Waals surface area contributed by atoms with Crippen LogP contribution in [-0.4, -0.2) is 74.2 Å². The van der Waals surface area contributed by atoms with Crippen LogP contribution >= 0.6 is 11.8 Å². The van der Waals surface area contributed by atoms with E-state index in [0.717, 1.165) is 62.2 Å². The molecule has 9 heteroatoms. The van der Waals surface area contributed by atoms with Gasteiger partial charge in [-0.05, 0) is 37.1 Å². The summed E-state index contributed by atoms with van der Waals surface area (Å²) >= 11 is 1.44. The van der Waals surface area contributed by atoms with Crippen molar-refractivity contribution in [2.24, 2.45) is 0 Å². The topological polar surface area (TPSA) is 79.8 Å². The smallest absolute Gasteiger partial charge is 0.230 e. The van der Waals surface area contributed by atoms with E-state index >= 15 is 0 Å². The summed E-state index contributed by atoms with van der Waals surface area (Å²) in [6, 6.07) is 8.16. The van der Waals surface area contributed by atoms with Crippen LogP contribution in [0.3, 0.4) is 0 Å². The minimum Gasteiger partial charge on any atom is -0.497 e. The van der Waals surface area contributed by atoms with Crippen LogP contribution < -0.4 is 19.9 Å². The highest BCUT2D eigenvalue weighted by atomic mass is 32.2. The molecule has 1 atom stereocenters. The quantitative estimate of drug-likeness (QED) is 0.622. The number of hydrogen-bond donors (Lipinski definition) is 1. The summed E-state index contributed by atoms with van der Waals surface area (Å²) in [7, 11) is 1.68. The number of ether oxygens (including phenoxy) is 2. The van der Waals surface area contributed by atoms with E-state index in [4.69, 9.17) is 9.47 Å². The fourth-order valence-corrected chi connectivity index (χ4v) is 4.64. The number of rotatable bonds is 8. The Morgan fingerprint density at radius 1 is 1.16 bits per heavy atom. The molecule has 3 heterocycles. The van der Waals surface area contributed by atoms with Crippen molar-refractivity contribution >= 4 is 29.2 Å². The van der Waals surface area contributed by atoms with Crippen molar-refractivity contribution in [1.82, 2.24) is 15.3 Å². The molecule has 0 aliphatic carbocycles. The second-order valence-corrected chi connectivity index (χ2v) is 8.55. The van der Waals surface area contributed by atoms with Crippen molar-refractivity contribution < 1.29 is 14.3 Å². The fraction of sp³-hybridized carbons (Fsp3) is 0.500. The summed E-state index contributed by atoms with van der Waals surface area (Å²) < 4.78 is 10.8. The number of nitrogens with zero attached hydrogens (tertiary/aromatic N) is 4. The summed E-state index contributed by atoms with van der Waals surface area (Å²) in [6.45, 7) is 4.88. The van der Waals surface area contributed by atoms with Crippen LogP contribution in [0, 0.1) is 0 Å². The van der Waals surface area contributed by atoms with Gasteiger partial charge in [0.25, 0.3) is 0 Å². The highest BCUT2D eigenvalue weighted by molar-refractivity contribution is 8.00. The number of thioether (sulfide) groups is 1. The number of carbonyl (C=O) groups is 1. The van der Waals surface area contributed by atoms with E-state index in [-0.39, 0.29) is 12.0 Å². The van der Waals surface area contributed by atoms with Crippen molar-refractivity contribution in [1.29, 1.82) is 0 Å². The maximum atomic E-state index is 12.2. The molecule has 1 aromatic heterocycles. The number of amides is 1. The van der Waals surface area contributed by atoms with Gasteiger partial charge in [-0.15, -0.1) is 0 Å². The Hall–Kier alpha value is -2.52. The first-order valence-electron chi connectivity index (χ1n) is 10.7. The standard InChI is InChI=1S/C22H29N5O3S/c1-29-18-6-4-17(5-7-18)26-10-12-27(13-11-26)21-22(24-9-8-23-21)31-16-20(28)25-15-19-3-2-14-30-19/h4-9,19H,2-3,10-16H2,1H3,(H,25,28)/t19-/m1/s1. The molecule has 0 bridgehead atoms. The number of aromatic nitrogens is 2. The van der Waals surface area contributed by atoms with Gasteiger partial charge in [0.15, 0.2) is 5.82 Å². The Bertz CT molecular complexity index is 852. The highest BCUT2D eigenvalue weighted by Gasteiger charge is 2.22. The molecule has 31 heavy (non-hydrogen) atoms. The van der Waals surface area contributed by atoms with Gasteiger partial charge in [-0.1, -0.05) is 11.8 Å². The zero-order chi connectivity index (χ0) is 21.5. The molecule has 4 rings (SSSR count). The summed E-state index contributed by atoms with van der Waals surface area (Å²) in [5.41, 5.74) is 1.19. The van der Waals surface area contributed by atoms with Crippen LogP contribution in [-0.2, 0) is 9.53 Å². The minimum atomic E-state index is 0.00132. The van der Waals surface area contributed by atoms with Crippen molar-refractivity contribution in [3.8, 4) is 5.75 Å². The SMILES string of the molecule is COc1ccc(N2CCN(c3nccnc3SCC(=O)NC[C@H]3CCCO3)CC2)cc1. The molecule has 166 valence electrons. The van der Waals surface area contributed by atoms with E-state index in [2.05, 4.69) is 37.2 Å². The maximum absolute atomic E-state index is 12.2. The first-order valence-corrected chi connectivity index (χ1v) is 11.7. The monoisotopic (exact) mass is 443 g/mol. The lowest BCUT2D eigenvalue weighted by atomic mass is 10.2. The summed E-state index contributed by atoms with van der Waals surface area (Å²) in [5, 5.41) is 3.76. The van der Waals surface area contributed by atoms with Crippen LogP contribution in [0.4, 0.5) is 11.5 Å². The number of hydrogen-bond acceptors (Lipinski definition) is 8. The Morgan fingerprint density at radius 2 is 1.90 bits per heavy atom. The number of methoxy groups -OCH3 is 1. The molecule has 2 saturated heterocycles. The molecule has 2 aromatic rings. The van der Waals surface area contributed by atoms with E-state index in [9.17, 15) is 4.79 Å². The van der Waals surface area contributed by atoms with Gasteiger partial charge < -0.3 is 24.6 Å². The average molecular weight is 444 g/mol. The van der Waals surface area contributed by atoms with Gasteiger partial charge in [-0.3, -0.25) is 4.79 Å². The van der Waals surface area contributed by atoms with Gasteiger partial charge in [-0.25, -0.2) is 9.97 Å². The van der Waals surface area contributed by atoms with E-state index in [1.807, 2.05) is 12.1 Å². The van der Waals surface area contributed by atoms with Crippen LogP contribution in [0.2, 0.25) is 0 Å². The van der Waals surface area contributed by atoms with E-state index in [1.54, 1.807) is 19.5 Å². The number of benzene rings is 1. The second-order valence-electron chi connectivity index (χ2n) is 7.59. The normalized spacial score (nSPS) is 18.8. The van der Waals surface area contributed by atoms with Gasteiger partial charge in [0, 0.05) is 57.4 Å². The molecule has 1 amide bonds. The van der Waals surface area contributed by atoms with Crippen molar-refractivity contribution in [2.75, 3.05) is 62.0 Å². The zero-order valence-electron chi connectivity index (χ0n) is 17.8. The fourth-order valence-electron chi connectivity index (χ4n) is 3.82. The maximum Gasteiger partial charge on any atom is 0.230 e. The van der Waals surface area contributed by atoms with Crippen LogP contribution in [0.1, 0.15) is 12.8 Å². The molecular weight excluding hydrogens is 414 g/mol. The van der Waals surface area contributed by atoms with Gasteiger partial charge in [0.2, 0.25) is 5.91 Å². The van der Waals surface area contributed by atoms with Crippen molar-refractivity contribution in [3.63, 3.8) is 0 Å². The average Bonchev–Trinajstić information content (AvgIpc) is 3.36. The van der Waals surface area contributed by atoms with Crippen LogP contribution in [0.5, 0.6) is 5.75 Å². The molecule has 2 aliphatic heterocycles. The molecule has 0 radical (unpaired) electrons. The highest BCUT2D eigenvalue weighted by Crippen LogP contribution is 2.28. The number of anilines is 2. The van der Waals surface area contributed by atoms with E-state index in [1.165, 1.54) is 17.4 Å². The predicted molar refractivity (Wildman–Crippen MR) is 122 cm³/mol. The Kier molecular flexibility index (Phi) is 7.48. The minimum absolute atomic E-state index is 0.00132. The van der Waals surface area contributed by atoms with Gasteiger partial charge in [-0.2, -0.15) is 0 Å². The Morgan fingerprint density at radius 3 is 2.61 bits per heavy atom. The number of nitrogens with one attached hydrogen (secondary N) is 1. The zero-order valence-corrected chi connectivity index (χ0v) is 18.6. The first kappa shape index (κ1) is 21.7. The predicted octanol–water partition coefficient (Wildman–Crippen LogP) is 2.20. The van der Waals surface area contributed by atoms with E-state index < -0.39 is 0 Å². The van der Waals surface area contributed by atoms with Crippen molar-refractivity contribution in [3.05, 3.63) is 36.7 Å². The summed E-state index contributed by atoms with van der Waals surface area (Å²) in [6.07, 6.45) is 5.65. The molecule has 2 fully saturated rings. The van der Waals surface area contributed by atoms with Gasteiger partial charge in [0.1, 0.15) is 10.8 Å². The summed E-state index contributed by atoms with van der Waals surface area (Å²) in [5.74, 6) is 2.04. The third-order valence-electron chi connectivity index (χ3n) is 5.55. The third kappa shape index (κ3) is 5.80. The first-order chi connectivity index (χ1) is 15.2. The van der Waals surface area contributed by atoms with Crippen LogP contribution in [0.15, 0.2) is 41.7 Å². The molecule has 1 N–H and O–H groups in total. The molecular formula is C22H29N5O3S. The second kappa shape index (κ2) is 10.7. The molecule has 8 nitrogen and oxygen atoms in total. The Balaban J connectivity index is 1.29. The van der Waals surface area contributed by atoms with Crippen LogP contribution in [0.25, 0.3) is 0 Å². The van der Waals surface area contributed by atoms with Crippen molar-refractivity contribution in [2.45, 2.75) is 24.0 Å². The van der Waals surface area contributed by atoms with E-state index in [0.29, 0.717) is 12.3 Å². The number of carbonyl (C=O) groups excluding carboxylic acids is 1.